The first-order valence-electron chi connectivity index (χ1n) is 7.66. The maximum absolute atomic E-state index is 12.5. The highest BCUT2D eigenvalue weighted by molar-refractivity contribution is 7.17. The van der Waals surface area contributed by atoms with Crippen molar-refractivity contribution in [2.75, 3.05) is 5.32 Å². The topological polar surface area (TPSA) is 42.0 Å². The minimum Gasteiger partial charge on any atom is -0.306 e. The van der Waals surface area contributed by atoms with Crippen molar-refractivity contribution in [3.05, 3.63) is 70.2 Å². The van der Waals surface area contributed by atoms with E-state index in [1.54, 1.807) is 17.5 Å². The summed E-state index contributed by atoms with van der Waals surface area (Å²) in [6.45, 7) is 1.98. The first-order chi connectivity index (χ1) is 11.2. The number of benzene rings is 1. The number of fused-ring (bicyclic) bond motifs is 3. The van der Waals surface area contributed by atoms with Crippen LogP contribution in [0.4, 0.5) is 5.82 Å². The predicted octanol–water partition coefficient (Wildman–Crippen LogP) is 4.47. The van der Waals surface area contributed by atoms with Gasteiger partial charge in [0.1, 0.15) is 5.82 Å². The van der Waals surface area contributed by atoms with Crippen molar-refractivity contribution in [2.24, 2.45) is 0 Å². The lowest BCUT2D eigenvalue weighted by Crippen LogP contribution is -2.11. The van der Waals surface area contributed by atoms with E-state index in [9.17, 15) is 4.79 Å². The number of carbonyl (C=O) groups excluding carboxylic acids is 1. The summed E-state index contributed by atoms with van der Waals surface area (Å²) in [4.78, 5) is 18.7. The zero-order valence-electron chi connectivity index (χ0n) is 12.8. The summed E-state index contributed by atoms with van der Waals surface area (Å²) in [7, 11) is 0. The number of carbonyl (C=O) groups is 1. The average Bonchev–Trinajstić information content (AvgIpc) is 3.00. The van der Waals surface area contributed by atoms with Gasteiger partial charge in [-0.25, -0.2) is 4.98 Å². The van der Waals surface area contributed by atoms with E-state index in [1.165, 1.54) is 21.6 Å². The predicted molar refractivity (Wildman–Crippen MR) is 94.1 cm³/mol. The molecule has 0 saturated heterocycles. The molecule has 114 valence electrons. The molecule has 3 aromatic rings. The summed E-state index contributed by atoms with van der Waals surface area (Å²) < 4.78 is 0. The second-order valence-electron chi connectivity index (χ2n) is 5.79. The van der Waals surface area contributed by atoms with Gasteiger partial charge in [-0.1, -0.05) is 24.3 Å². The molecule has 0 spiro atoms. The van der Waals surface area contributed by atoms with E-state index in [-0.39, 0.29) is 5.91 Å². The minimum atomic E-state index is -0.0834. The van der Waals surface area contributed by atoms with Gasteiger partial charge in [-0.3, -0.25) is 4.79 Å². The summed E-state index contributed by atoms with van der Waals surface area (Å²) in [6, 6.07) is 14.3. The molecular formula is C19H16N2OS. The Morgan fingerprint density at radius 3 is 2.83 bits per heavy atom. The number of pyridine rings is 1. The molecule has 1 aromatic carbocycles. The van der Waals surface area contributed by atoms with Crippen LogP contribution in [-0.4, -0.2) is 10.9 Å². The van der Waals surface area contributed by atoms with Crippen molar-refractivity contribution in [1.29, 1.82) is 0 Å². The summed E-state index contributed by atoms with van der Waals surface area (Å²) in [5.74, 6) is 0.516. The molecule has 1 aliphatic carbocycles. The van der Waals surface area contributed by atoms with Gasteiger partial charge in [-0.2, -0.15) is 0 Å². The quantitative estimate of drug-likeness (QED) is 0.757. The highest BCUT2D eigenvalue weighted by Gasteiger charge is 2.21. The molecule has 0 fully saturated rings. The van der Waals surface area contributed by atoms with Gasteiger partial charge in [-0.05, 0) is 60.2 Å². The molecule has 4 rings (SSSR count). The van der Waals surface area contributed by atoms with Crippen LogP contribution in [0.3, 0.4) is 0 Å². The van der Waals surface area contributed by atoms with Gasteiger partial charge in [0.25, 0.3) is 5.91 Å². The van der Waals surface area contributed by atoms with E-state index < -0.39 is 0 Å². The Kier molecular flexibility index (Phi) is 3.46. The van der Waals surface area contributed by atoms with Gasteiger partial charge in [-0.15, -0.1) is 11.3 Å². The van der Waals surface area contributed by atoms with Crippen molar-refractivity contribution in [2.45, 2.75) is 19.8 Å². The molecule has 0 bridgehead atoms. The molecule has 1 amide bonds. The normalized spacial score (nSPS) is 12.4. The van der Waals surface area contributed by atoms with Crippen molar-refractivity contribution < 1.29 is 4.79 Å². The number of nitrogens with one attached hydrogen (secondary N) is 1. The van der Waals surface area contributed by atoms with E-state index in [4.69, 9.17) is 0 Å². The fourth-order valence-corrected chi connectivity index (χ4v) is 4.13. The van der Waals surface area contributed by atoms with Crippen LogP contribution < -0.4 is 5.32 Å². The Hall–Kier alpha value is -2.46. The van der Waals surface area contributed by atoms with E-state index >= 15 is 0 Å². The number of aromatic nitrogens is 1. The van der Waals surface area contributed by atoms with Crippen LogP contribution >= 0.6 is 11.3 Å². The van der Waals surface area contributed by atoms with Crippen LogP contribution in [0.25, 0.3) is 10.4 Å². The molecule has 4 heteroatoms. The SMILES string of the molecule is Cc1ccnc(NC(=O)c2cc3c(s2)-c2ccccc2CC3)c1. The lowest BCUT2D eigenvalue weighted by molar-refractivity contribution is 0.103. The van der Waals surface area contributed by atoms with Crippen LogP contribution in [0.2, 0.25) is 0 Å². The van der Waals surface area contributed by atoms with Crippen molar-refractivity contribution >= 4 is 23.1 Å². The summed E-state index contributed by atoms with van der Waals surface area (Å²) in [5.41, 5.74) is 4.99. The maximum atomic E-state index is 12.5. The lowest BCUT2D eigenvalue weighted by atomic mass is 9.91. The Labute approximate surface area is 139 Å². The van der Waals surface area contributed by atoms with Gasteiger partial charge in [0.15, 0.2) is 0 Å². The molecular weight excluding hydrogens is 304 g/mol. The van der Waals surface area contributed by atoms with E-state index in [0.717, 1.165) is 23.3 Å². The molecule has 0 atom stereocenters. The van der Waals surface area contributed by atoms with E-state index in [2.05, 4.69) is 34.6 Å². The van der Waals surface area contributed by atoms with Crippen molar-refractivity contribution in [3.63, 3.8) is 0 Å². The molecule has 23 heavy (non-hydrogen) atoms. The lowest BCUT2D eigenvalue weighted by Gasteiger charge is -2.15. The number of thiophene rings is 1. The van der Waals surface area contributed by atoms with Gasteiger partial charge in [0.05, 0.1) is 4.88 Å². The van der Waals surface area contributed by atoms with E-state index in [0.29, 0.717) is 5.82 Å². The zero-order valence-corrected chi connectivity index (χ0v) is 13.6. The van der Waals surface area contributed by atoms with Gasteiger partial charge in [0, 0.05) is 11.1 Å². The fraction of sp³-hybridized carbons (Fsp3) is 0.158. The standard InChI is InChI=1S/C19H16N2OS/c1-12-8-9-20-17(10-12)21-19(22)16-11-14-7-6-13-4-2-3-5-15(13)18(14)23-16/h2-5,8-11H,6-7H2,1H3,(H,20,21,22). The summed E-state index contributed by atoms with van der Waals surface area (Å²) >= 11 is 1.57. The first-order valence-corrected chi connectivity index (χ1v) is 8.47. The summed E-state index contributed by atoms with van der Waals surface area (Å²) in [5, 5.41) is 2.89. The van der Waals surface area contributed by atoms with Crippen LogP contribution in [-0.2, 0) is 12.8 Å². The second kappa shape index (κ2) is 5.63. The Balaban J connectivity index is 1.65. The number of hydrogen-bond donors (Lipinski definition) is 1. The number of aryl methyl sites for hydroxylation is 3. The number of rotatable bonds is 2. The van der Waals surface area contributed by atoms with Gasteiger partial charge in [0.2, 0.25) is 0 Å². The third kappa shape index (κ3) is 2.66. The molecule has 1 N–H and O–H groups in total. The van der Waals surface area contributed by atoms with Crippen LogP contribution in [0.1, 0.15) is 26.4 Å². The molecule has 2 heterocycles. The number of nitrogens with zero attached hydrogens (tertiary/aromatic N) is 1. The minimum absolute atomic E-state index is 0.0834. The highest BCUT2D eigenvalue weighted by atomic mass is 32.1. The number of amides is 1. The Morgan fingerprint density at radius 1 is 1.13 bits per heavy atom. The third-order valence-corrected chi connectivity index (χ3v) is 5.32. The molecule has 0 unspecified atom stereocenters. The van der Waals surface area contributed by atoms with Crippen molar-refractivity contribution in [3.8, 4) is 10.4 Å². The van der Waals surface area contributed by atoms with Gasteiger partial charge < -0.3 is 5.32 Å². The second-order valence-corrected chi connectivity index (χ2v) is 6.85. The molecule has 0 radical (unpaired) electrons. The van der Waals surface area contributed by atoms with Crippen molar-refractivity contribution in [1.82, 2.24) is 4.98 Å². The Morgan fingerprint density at radius 2 is 1.96 bits per heavy atom. The fourth-order valence-electron chi connectivity index (χ4n) is 2.97. The van der Waals surface area contributed by atoms with Gasteiger partial charge >= 0.3 is 0 Å². The smallest absolute Gasteiger partial charge is 0.266 e. The molecule has 0 saturated carbocycles. The first kappa shape index (κ1) is 14.2. The summed E-state index contributed by atoms with van der Waals surface area (Å²) in [6.07, 6.45) is 3.75. The average molecular weight is 320 g/mol. The third-order valence-electron chi connectivity index (χ3n) is 4.12. The monoisotopic (exact) mass is 320 g/mol. The molecule has 2 aromatic heterocycles. The number of hydrogen-bond acceptors (Lipinski definition) is 3. The van der Waals surface area contributed by atoms with Crippen LogP contribution in [0.15, 0.2) is 48.7 Å². The largest absolute Gasteiger partial charge is 0.306 e. The van der Waals surface area contributed by atoms with Crippen LogP contribution in [0, 0.1) is 6.92 Å². The molecule has 0 aliphatic heterocycles. The molecule has 1 aliphatic rings. The van der Waals surface area contributed by atoms with E-state index in [1.807, 2.05) is 25.1 Å². The number of anilines is 1. The molecule has 3 nitrogen and oxygen atoms in total. The maximum Gasteiger partial charge on any atom is 0.266 e. The highest BCUT2D eigenvalue weighted by Crippen LogP contribution is 2.39. The van der Waals surface area contributed by atoms with Crippen LogP contribution in [0.5, 0.6) is 0 Å². The Bertz CT molecular complexity index is 898. The zero-order chi connectivity index (χ0) is 15.8.